The van der Waals surface area contributed by atoms with Crippen LogP contribution in [-0.2, 0) is 6.54 Å². The van der Waals surface area contributed by atoms with Crippen molar-refractivity contribution in [1.29, 1.82) is 0 Å². The van der Waals surface area contributed by atoms with Crippen LogP contribution < -0.4 is 19.1 Å². The average Bonchev–Trinajstić information content (AvgIpc) is 3.27. The fraction of sp³-hybridized carbons (Fsp3) is 0.240. The van der Waals surface area contributed by atoms with Crippen molar-refractivity contribution >= 4 is 32.6 Å². The normalized spacial score (nSPS) is 10.8. The van der Waals surface area contributed by atoms with E-state index < -0.39 is 0 Å². The summed E-state index contributed by atoms with van der Waals surface area (Å²) in [6, 6.07) is 14.7. The van der Waals surface area contributed by atoms with E-state index >= 15 is 0 Å². The highest BCUT2D eigenvalue weighted by atomic mass is 32.1. The lowest BCUT2D eigenvalue weighted by atomic mass is 10.1. The van der Waals surface area contributed by atoms with Crippen LogP contribution in [0.15, 0.2) is 60.9 Å². The van der Waals surface area contributed by atoms with Gasteiger partial charge in [-0.1, -0.05) is 17.4 Å². The van der Waals surface area contributed by atoms with Crippen molar-refractivity contribution in [2.24, 2.45) is 0 Å². The van der Waals surface area contributed by atoms with Gasteiger partial charge in [-0.25, -0.2) is 4.98 Å². The zero-order valence-corrected chi connectivity index (χ0v) is 19.6. The number of carbonyl (C=O) groups excluding carboxylic acids is 1. The molecule has 0 unspecified atom stereocenters. The van der Waals surface area contributed by atoms with Crippen LogP contribution in [0.5, 0.6) is 17.2 Å². The van der Waals surface area contributed by atoms with E-state index in [2.05, 4.69) is 4.98 Å². The molecular formula is C25H25N3O4S. The predicted octanol–water partition coefficient (Wildman–Crippen LogP) is 5.34. The molecule has 0 atom stereocenters. The van der Waals surface area contributed by atoms with E-state index in [9.17, 15) is 4.79 Å². The third-order valence-corrected chi connectivity index (χ3v) is 5.96. The SMILES string of the molecule is CCOc1ccc(C(=O)N(Cc2cccnc2)c2nc3ccc(OC)cc3s2)cc1OCC. The number of nitrogens with zero attached hydrogens (tertiary/aromatic N) is 3. The van der Waals surface area contributed by atoms with Gasteiger partial charge < -0.3 is 14.2 Å². The number of thiazole rings is 1. The molecule has 0 N–H and O–H groups in total. The van der Waals surface area contributed by atoms with Gasteiger partial charge in [0.05, 0.1) is 37.1 Å². The Bertz CT molecular complexity index is 1240. The Labute approximate surface area is 196 Å². The van der Waals surface area contributed by atoms with Crippen molar-refractivity contribution in [2.75, 3.05) is 25.2 Å². The number of hydrogen-bond donors (Lipinski definition) is 0. The topological polar surface area (TPSA) is 73.8 Å². The van der Waals surface area contributed by atoms with Gasteiger partial charge in [0.1, 0.15) is 5.75 Å². The lowest BCUT2D eigenvalue weighted by molar-refractivity contribution is 0.0984. The first-order valence-corrected chi connectivity index (χ1v) is 11.5. The van der Waals surface area contributed by atoms with Crippen molar-refractivity contribution in [3.63, 3.8) is 0 Å². The van der Waals surface area contributed by atoms with E-state index in [-0.39, 0.29) is 5.91 Å². The van der Waals surface area contributed by atoms with Crippen molar-refractivity contribution in [3.8, 4) is 17.2 Å². The number of rotatable bonds is 9. The molecule has 0 radical (unpaired) electrons. The maximum absolute atomic E-state index is 13.7. The van der Waals surface area contributed by atoms with Crippen LogP contribution in [0.25, 0.3) is 10.2 Å². The maximum Gasteiger partial charge on any atom is 0.260 e. The lowest BCUT2D eigenvalue weighted by Gasteiger charge is -2.21. The molecule has 2 aromatic carbocycles. The molecule has 0 bridgehead atoms. The number of anilines is 1. The molecular weight excluding hydrogens is 438 g/mol. The summed E-state index contributed by atoms with van der Waals surface area (Å²) in [5, 5.41) is 0.596. The molecule has 0 fully saturated rings. The zero-order chi connectivity index (χ0) is 23.2. The maximum atomic E-state index is 13.7. The Morgan fingerprint density at radius 3 is 2.58 bits per heavy atom. The molecule has 0 aliphatic rings. The summed E-state index contributed by atoms with van der Waals surface area (Å²) >= 11 is 1.44. The Hall–Kier alpha value is -3.65. The molecule has 0 saturated carbocycles. The van der Waals surface area contributed by atoms with Crippen molar-refractivity contribution in [3.05, 3.63) is 72.1 Å². The number of amides is 1. The number of pyridine rings is 1. The first-order valence-electron chi connectivity index (χ1n) is 10.7. The molecule has 1 amide bonds. The van der Waals surface area contributed by atoms with E-state index in [0.29, 0.717) is 42.0 Å². The molecule has 7 nitrogen and oxygen atoms in total. The van der Waals surface area contributed by atoms with Crippen LogP contribution >= 0.6 is 11.3 Å². The minimum absolute atomic E-state index is 0.186. The molecule has 33 heavy (non-hydrogen) atoms. The van der Waals surface area contributed by atoms with Gasteiger partial charge in [-0.05, 0) is 61.9 Å². The van der Waals surface area contributed by atoms with E-state index in [1.165, 1.54) is 11.3 Å². The summed E-state index contributed by atoms with van der Waals surface area (Å²) in [6.45, 7) is 5.12. The number of hydrogen-bond acceptors (Lipinski definition) is 7. The van der Waals surface area contributed by atoms with Crippen molar-refractivity contribution in [1.82, 2.24) is 9.97 Å². The third kappa shape index (κ3) is 5.06. The monoisotopic (exact) mass is 463 g/mol. The molecule has 0 aliphatic heterocycles. The van der Waals surface area contributed by atoms with E-state index in [4.69, 9.17) is 19.2 Å². The predicted molar refractivity (Wildman–Crippen MR) is 130 cm³/mol. The smallest absolute Gasteiger partial charge is 0.260 e. The molecule has 4 rings (SSSR count). The second-order valence-corrected chi connectivity index (χ2v) is 8.12. The number of ether oxygens (including phenoxy) is 3. The third-order valence-electron chi connectivity index (χ3n) is 4.91. The fourth-order valence-electron chi connectivity index (χ4n) is 3.38. The van der Waals surface area contributed by atoms with Crippen LogP contribution in [0, 0.1) is 0 Å². The molecule has 2 aromatic heterocycles. The van der Waals surface area contributed by atoms with Crippen LogP contribution in [0.3, 0.4) is 0 Å². The van der Waals surface area contributed by atoms with Gasteiger partial charge in [0.2, 0.25) is 0 Å². The van der Waals surface area contributed by atoms with Gasteiger partial charge in [0.25, 0.3) is 5.91 Å². The van der Waals surface area contributed by atoms with Crippen LogP contribution in [0.2, 0.25) is 0 Å². The molecule has 0 spiro atoms. The lowest BCUT2D eigenvalue weighted by Crippen LogP contribution is -2.30. The Kier molecular flexibility index (Phi) is 7.04. The first-order chi connectivity index (χ1) is 16.1. The summed E-state index contributed by atoms with van der Waals surface area (Å²) in [6.07, 6.45) is 3.46. The van der Waals surface area contributed by atoms with Crippen LogP contribution in [0.4, 0.5) is 5.13 Å². The number of fused-ring (bicyclic) bond motifs is 1. The number of aromatic nitrogens is 2. The largest absolute Gasteiger partial charge is 0.497 e. The highest BCUT2D eigenvalue weighted by molar-refractivity contribution is 7.22. The van der Waals surface area contributed by atoms with Gasteiger partial charge >= 0.3 is 0 Å². The number of methoxy groups -OCH3 is 1. The van der Waals surface area contributed by atoms with Crippen LogP contribution in [0.1, 0.15) is 29.8 Å². The van der Waals surface area contributed by atoms with Gasteiger partial charge in [0, 0.05) is 18.0 Å². The Morgan fingerprint density at radius 1 is 1.03 bits per heavy atom. The molecule has 0 aliphatic carbocycles. The molecule has 4 aromatic rings. The summed E-state index contributed by atoms with van der Waals surface area (Å²) in [5.41, 5.74) is 2.20. The summed E-state index contributed by atoms with van der Waals surface area (Å²) in [7, 11) is 1.63. The first kappa shape index (κ1) is 22.5. The minimum atomic E-state index is -0.186. The molecule has 0 saturated heterocycles. The van der Waals surface area contributed by atoms with E-state index in [0.717, 1.165) is 21.5 Å². The standard InChI is InChI=1S/C25H25N3O4S/c1-4-31-21-11-8-18(13-22(21)32-5-2)24(29)28(16-17-7-6-12-26-15-17)25-27-20-10-9-19(30-3)14-23(20)33-25/h6-15H,4-5,16H2,1-3H3. The Balaban J connectivity index is 1.75. The molecule has 170 valence electrons. The zero-order valence-electron chi connectivity index (χ0n) is 18.8. The summed E-state index contributed by atoms with van der Waals surface area (Å²) in [4.78, 5) is 24.3. The van der Waals surface area contributed by atoms with E-state index in [1.54, 1.807) is 42.6 Å². The second kappa shape index (κ2) is 10.3. The number of benzene rings is 2. The fourth-order valence-corrected chi connectivity index (χ4v) is 4.37. The second-order valence-electron chi connectivity index (χ2n) is 7.11. The summed E-state index contributed by atoms with van der Waals surface area (Å²) < 4.78 is 17.6. The Morgan fingerprint density at radius 2 is 1.85 bits per heavy atom. The van der Waals surface area contributed by atoms with Gasteiger partial charge in [0.15, 0.2) is 16.6 Å². The highest BCUT2D eigenvalue weighted by Gasteiger charge is 2.23. The molecule has 2 heterocycles. The van der Waals surface area contributed by atoms with E-state index in [1.807, 2.05) is 44.2 Å². The molecule has 8 heteroatoms. The average molecular weight is 464 g/mol. The van der Waals surface area contributed by atoms with Crippen molar-refractivity contribution in [2.45, 2.75) is 20.4 Å². The number of carbonyl (C=O) groups is 1. The van der Waals surface area contributed by atoms with Gasteiger partial charge in [-0.3, -0.25) is 14.7 Å². The highest BCUT2D eigenvalue weighted by Crippen LogP contribution is 2.34. The van der Waals surface area contributed by atoms with Gasteiger partial charge in [-0.2, -0.15) is 0 Å². The van der Waals surface area contributed by atoms with Crippen molar-refractivity contribution < 1.29 is 19.0 Å². The quantitative estimate of drug-likeness (QED) is 0.333. The minimum Gasteiger partial charge on any atom is -0.497 e. The van der Waals surface area contributed by atoms with Gasteiger partial charge in [-0.15, -0.1) is 0 Å². The van der Waals surface area contributed by atoms with Crippen LogP contribution in [-0.4, -0.2) is 36.2 Å². The summed E-state index contributed by atoms with van der Waals surface area (Å²) in [5.74, 6) is 1.71.